The highest BCUT2D eigenvalue weighted by Crippen LogP contribution is 2.24. The van der Waals surface area contributed by atoms with Gasteiger partial charge < -0.3 is 9.84 Å². The van der Waals surface area contributed by atoms with E-state index >= 15 is 0 Å². The summed E-state index contributed by atoms with van der Waals surface area (Å²) in [7, 11) is 1.77. The molecule has 1 heterocycles. The van der Waals surface area contributed by atoms with E-state index in [2.05, 4.69) is 27.8 Å². The van der Waals surface area contributed by atoms with Gasteiger partial charge in [-0.15, -0.1) is 0 Å². The van der Waals surface area contributed by atoms with E-state index in [1.165, 1.54) is 0 Å². The number of hydrogen-bond donors (Lipinski definition) is 1. The standard InChI is InChI=1S/C15H20BrNO3/c1-10-5-6-17(9-14(10)20-2)8-12-4-3-11(15(18)19)7-13(12)16/h3-4,7,10,14H,5-6,8-9H2,1-2H3,(H,18,19). The minimum absolute atomic E-state index is 0.279. The Morgan fingerprint density at radius 1 is 1.55 bits per heavy atom. The van der Waals surface area contributed by atoms with Crippen molar-refractivity contribution in [3.63, 3.8) is 0 Å². The number of methoxy groups -OCH3 is 1. The molecule has 1 aliphatic heterocycles. The van der Waals surface area contributed by atoms with Crippen LogP contribution in [0.15, 0.2) is 22.7 Å². The van der Waals surface area contributed by atoms with E-state index in [4.69, 9.17) is 9.84 Å². The first-order valence-corrected chi connectivity index (χ1v) is 7.57. The van der Waals surface area contributed by atoms with Crippen molar-refractivity contribution in [1.29, 1.82) is 0 Å². The molecule has 2 atom stereocenters. The molecular formula is C15H20BrNO3. The van der Waals surface area contributed by atoms with Crippen LogP contribution in [0.3, 0.4) is 0 Å². The van der Waals surface area contributed by atoms with Crippen LogP contribution in [0.1, 0.15) is 29.3 Å². The van der Waals surface area contributed by atoms with Crippen molar-refractivity contribution in [3.05, 3.63) is 33.8 Å². The molecule has 0 bridgehead atoms. The zero-order chi connectivity index (χ0) is 14.7. The molecule has 0 saturated carbocycles. The van der Waals surface area contributed by atoms with Gasteiger partial charge in [-0.2, -0.15) is 0 Å². The van der Waals surface area contributed by atoms with Crippen molar-refractivity contribution in [3.8, 4) is 0 Å². The van der Waals surface area contributed by atoms with Gasteiger partial charge in [0.05, 0.1) is 11.7 Å². The fraction of sp³-hybridized carbons (Fsp3) is 0.533. The zero-order valence-corrected chi connectivity index (χ0v) is 13.4. The van der Waals surface area contributed by atoms with E-state index in [-0.39, 0.29) is 6.10 Å². The molecule has 2 rings (SSSR count). The third-order valence-electron chi connectivity index (χ3n) is 3.97. The van der Waals surface area contributed by atoms with E-state index in [9.17, 15) is 4.79 Å². The molecule has 0 radical (unpaired) electrons. The summed E-state index contributed by atoms with van der Waals surface area (Å²) in [6, 6.07) is 5.20. The average Bonchev–Trinajstić information content (AvgIpc) is 2.42. The molecular weight excluding hydrogens is 322 g/mol. The minimum Gasteiger partial charge on any atom is -0.478 e. The van der Waals surface area contributed by atoms with Gasteiger partial charge in [0.15, 0.2) is 0 Å². The fourth-order valence-electron chi connectivity index (χ4n) is 2.60. The number of carboxylic acid groups (broad SMARTS) is 1. The molecule has 20 heavy (non-hydrogen) atoms. The first-order chi connectivity index (χ1) is 9.51. The lowest BCUT2D eigenvalue weighted by atomic mass is 9.95. The molecule has 0 aliphatic carbocycles. The summed E-state index contributed by atoms with van der Waals surface area (Å²) in [6.45, 7) is 5.01. The zero-order valence-electron chi connectivity index (χ0n) is 11.8. The van der Waals surface area contributed by atoms with Crippen molar-refractivity contribution in [2.24, 2.45) is 5.92 Å². The summed E-state index contributed by atoms with van der Waals surface area (Å²) in [5, 5.41) is 8.97. The summed E-state index contributed by atoms with van der Waals surface area (Å²) in [4.78, 5) is 13.3. The highest BCUT2D eigenvalue weighted by Gasteiger charge is 2.26. The lowest BCUT2D eigenvalue weighted by Crippen LogP contribution is -2.43. The molecule has 0 amide bonds. The minimum atomic E-state index is -0.900. The maximum Gasteiger partial charge on any atom is 0.335 e. The molecule has 1 N–H and O–H groups in total. The number of nitrogens with zero attached hydrogens (tertiary/aromatic N) is 1. The van der Waals surface area contributed by atoms with Crippen LogP contribution in [0.2, 0.25) is 0 Å². The van der Waals surface area contributed by atoms with Gasteiger partial charge in [-0.05, 0) is 36.6 Å². The first-order valence-electron chi connectivity index (χ1n) is 6.78. The van der Waals surface area contributed by atoms with E-state index in [0.717, 1.165) is 36.1 Å². The SMILES string of the molecule is COC1CN(Cc2ccc(C(=O)O)cc2Br)CCC1C. The number of rotatable bonds is 4. The van der Waals surface area contributed by atoms with Gasteiger partial charge in [0.25, 0.3) is 0 Å². The second-order valence-electron chi connectivity index (χ2n) is 5.39. The summed E-state index contributed by atoms with van der Waals surface area (Å²) in [5.41, 5.74) is 1.42. The van der Waals surface area contributed by atoms with Crippen LogP contribution in [0.4, 0.5) is 0 Å². The predicted molar refractivity (Wildman–Crippen MR) is 81.0 cm³/mol. The van der Waals surface area contributed by atoms with Crippen LogP contribution in [0.5, 0.6) is 0 Å². The molecule has 110 valence electrons. The van der Waals surface area contributed by atoms with E-state index < -0.39 is 5.97 Å². The smallest absolute Gasteiger partial charge is 0.335 e. The molecule has 0 aromatic heterocycles. The quantitative estimate of drug-likeness (QED) is 0.914. The maximum absolute atomic E-state index is 10.9. The second-order valence-corrected chi connectivity index (χ2v) is 6.24. The molecule has 1 aliphatic rings. The van der Waals surface area contributed by atoms with Crippen LogP contribution in [-0.4, -0.2) is 42.3 Å². The third-order valence-corrected chi connectivity index (χ3v) is 4.71. The number of hydrogen-bond acceptors (Lipinski definition) is 3. The van der Waals surface area contributed by atoms with Crippen molar-refractivity contribution in [2.45, 2.75) is 26.0 Å². The van der Waals surface area contributed by atoms with Gasteiger partial charge in [-0.3, -0.25) is 4.90 Å². The topological polar surface area (TPSA) is 49.8 Å². The Hall–Kier alpha value is -0.910. The van der Waals surface area contributed by atoms with Gasteiger partial charge >= 0.3 is 5.97 Å². The number of likely N-dealkylation sites (tertiary alicyclic amines) is 1. The molecule has 1 aromatic carbocycles. The average molecular weight is 342 g/mol. The van der Waals surface area contributed by atoms with Crippen molar-refractivity contribution in [1.82, 2.24) is 4.90 Å². The van der Waals surface area contributed by atoms with Crippen molar-refractivity contribution < 1.29 is 14.6 Å². The molecule has 2 unspecified atom stereocenters. The third kappa shape index (κ3) is 3.59. The van der Waals surface area contributed by atoms with Crippen LogP contribution >= 0.6 is 15.9 Å². The summed E-state index contributed by atoms with van der Waals surface area (Å²) in [6.07, 6.45) is 1.41. The Labute approximate surface area is 127 Å². The Balaban J connectivity index is 2.05. The molecule has 4 nitrogen and oxygen atoms in total. The highest BCUT2D eigenvalue weighted by atomic mass is 79.9. The fourth-order valence-corrected chi connectivity index (χ4v) is 3.10. The monoisotopic (exact) mass is 341 g/mol. The van der Waals surface area contributed by atoms with Crippen molar-refractivity contribution in [2.75, 3.05) is 20.2 Å². The summed E-state index contributed by atoms with van der Waals surface area (Å²) in [5.74, 6) is -0.308. The lowest BCUT2D eigenvalue weighted by Gasteiger charge is -2.36. The molecule has 0 spiro atoms. The second kappa shape index (κ2) is 6.70. The largest absolute Gasteiger partial charge is 0.478 e. The normalized spacial score (nSPS) is 23.8. The Kier molecular flexibility index (Phi) is 5.18. The van der Waals surface area contributed by atoms with Crippen LogP contribution < -0.4 is 0 Å². The molecule has 1 aromatic rings. The van der Waals surface area contributed by atoms with Gasteiger partial charge in [0, 0.05) is 24.7 Å². The highest BCUT2D eigenvalue weighted by molar-refractivity contribution is 9.10. The Morgan fingerprint density at radius 3 is 2.90 bits per heavy atom. The number of carbonyl (C=O) groups is 1. The molecule has 1 fully saturated rings. The Bertz CT molecular complexity index is 492. The molecule has 1 saturated heterocycles. The number of aromatic carboxylic acids is 1. The predicted octanol–water partition coefficient (Wildman–Crippen LogP) is 3.00. The van der Waals surface area contributed by atoms with Gasteiger partial charge in [-0.1, -0.05) is 28.9 Å². The number of ether oxygens (including phenoxy) is 1. The van der Waals surface area contributed by atoms with Gasteiger partial charge in [-0.25, -0.2) is 4.79 Å². The number of benzene rings is 1. The van der Waals surface area contributed by atoms with Crippen LogP contribution in [0.25, 0.3) is 0 Å². The lowest BCUT2D eigenvalue weighted by molar-refractivity contribution is -0.00750. The number of carboxylic acids is 1. The maximum atomic E-state index is 10.9. The summed E-state index contributed by atoms with van der Waals surface area (Å²) >= 11 is 3.47. The van der Waals surface area contributed by atoms with E-state index in [0.29, 0.717) is 11.5 Å². The van der Waals surface area contributed by atoms with Crippen LogP contribution in [0, 0.1) is 5.92 Å². The number of halogens is 1. The number of piperidine rings is 1. The van der Waals surface area contributed by atoms with Gasteiger partial charge in [0.2, 0.25) is 0 Å². The Morgan fingerprint density at radius 2 is 2.30 bits per heavy atom. The van der Waals surface area contributed by atoms with Crippen molar-refractivity contribution >= 4 is 21.9 Å². The van der Waals surface area contributed by atoms with Crippen LogP contribution in [-0.2, 0) is 11.3 Å². The summed E-state index contributed by atoms with van der Waals surface area (Å²) < 4.78 is 6.37. The van der Waals surface area contributed by atoms with E-state index in [1.807, 2.05) is 6.07 Å². The van der Waals surface area contributed by atoms with E-state index in [1.54, 1.807) is 19.2 Å². The molecule has 5 heteroatoms. The first kappa shape index (κ1) is 15.5. The van der Waals surface area contributed by atoms with Gasteiger partial charge in [0.1, 0.15) is 0 Å².